The van der Waals surface area contributed by atoms with E-state index in [1.165, 1.54) is 5.56 Å². The van der Waals surface area contributed by atoms with E-state index >= 15 is 0 Å². The highest BCUT2D eigenvalue weighted by Gasteiger charge is 2.54. The maximum absolute atomic E-state index is 13.8. The molecule has 0 atom stereocenters. The van der Waals surface area contributed by atoms with Gasteiger partial charge in [0, 0.05) is 44.7 Å². The normalized spacial score (nSPS) is 16.8. The van der Waals surface area contributed by atoms with Gasteiger partial charge >= 0.3 is 6.03 Å². The average molecular weight is 508 g/mol. The quantitative estimate of drug-likeness (QED) is 0.509. The Bertz CT molecular complexity index is 1070. The van der Waals surface area contributed by atoms with Gasteiger partial charge in [0.05, 0.1) is 6.67 Å². The molecule has 2 aromatic carbocycles. The molecule has 0 aromatic heterocycles. The number of nitrogens with zero attached hydrogens (tertiary/aromatic N) is 3. The number of aryl methyl sites for hydroxylation is 1. The van der Waals surface area contributed by atoms with Crippen molar-refractivity contribution in [3.63, 3.8) is 0 Å². The summed E-state index contributed by atoms with van der Waals surface area (Å²) in [5.74, 6) is -0.237. The molecule has 2 aliphatic rings. The molecule has 4 rings (SSSR count). The van der Waals surface area contributed by atoms with E-state index < -0.39 is 5.54 Å². The molecule has 2 heterocycles. The van der Waals surface area contributed by atoms with Crippen molar-refractivity contribution in [3.05, 3.63) is 60.2 Å². The highest BCUT2D eigenvalue weighted by molar-refractivity contribution is 5.97. The van der Waals surface area contributed by atoms with Gasteiger partial charge in [0.2, 0.25) is 5.91 Å². The predicted octanol–water partition coefficient (Wildman–Crippen LogP) is 3.07. The van der Waals surface area contributed by atoms with Gasteiger partial charge < -0.3 is 30.1 Å². The monoisotopic (exact) mass is 507 g/mol. The molecular weight excluding hydrogens is 470 g/mol. The molecule has 0 unspecified atom stereocenters. The SMILES string of the molecule is CCc1ccc(NC(=O)N2CCC3(CC2)C(=O)N(CC(=O)NCCCOC)CN3c2ccccc2)cc1. The molecule has 9 heteroatoms. The lowest BCUT2D eigenvalue weighted by Crippen LogP contribution is -2.58. The summed E-state index contributed by atoms with van der Waals surface area (Å²) in [6, 6.07) is 17.5. The van der Waals surface area contributed by atoms with Crippen LogP contribution in [0.3, 0.4) is 0 Å². The second-order valence-electron chi connectivity index (χ2n) is 9.60. The molecule has 0 saturated carbocycles. The Balaban J connectivity index is 1.43. The number of benzene rings is 2. The Morgan fingerprint density at radius 3 is 2.38 bits per heavy atom. The molecular formula is C28H37N5O4. The summed E-state index contributed by atoms with van der Waals surface area (Å²) in [5, 5.41) is 5.85. The lowest BCUT2D eigenvalue weighted by Gasteiger charge is -2.43. The Labute approximate surface area is 218 Å². The predicted molar refractivity (Wildman–Crippen MR) is 143 cm³/mol. The number of piperidine rings is 1. The summed E-state index contributed by atoms with van der Waals surface area (Å²) >= 11 is 0. The van der Waals surface area contributed by atoms with Crippen LogP contribution in [0.1, 0.15) is 31.7 Å². The van der Waals surface area contributed by atoms with Gasteiger partial charge in [-0.25, -0.2) is 4.79 Å². The van der Waals surface area contributed by atoms with Gasteiger partial charge in [-0.05, 0) is 55.5 Å². The Kier molecular flexibility index (Phi) is 8.66. The molecule has 0 radical (unpaired) electrons. The number of methoxy groups -OCH3 is 1. The van der Waals surface area contributed by atoms with E-state index in [0.29, 0.717) is 45.8 Å². The number of amides is 4. The van der Waals surface area contributed by atoms with Gasteiger partial charge in [-0.2, -0.15) is 0 Å². The van der Waals surface area contributed by atoms with Crippen molar-refractivity contribution >= 4 is 29.2 Å². The fourth-order valence-corrected chi connectivity index (χ4v) is 5.10. The summed E-state index contributed by atoms with van der Waals surface area (Å²) in [7, 11) is 1.63. The maximum atomic E-state index is 13.8. The van der Waals surface area contributed by atoms with Crippen LogP contribution in [0.4, 0.5) is 16.2 Å². The van der Waals surface area contributed by atoms with Crippen LogP contribution in [0.2, 0.25) is 0 Å². The molecule has 2 aromatic rings. The van der Waals surface area contributed by atoms with Crippen LogP contribution in [-0.4, -0.2) is 79.7 Å². The first-order valence-electron chi connectivity index (χ1n) is 13.0. The van der Waals surface area contributed by atoms with Crippen molar-refractivity contribution in [2.24, 2.45) is 0 Å². The van der Waals surface area contributed by atoms with Crippen LogP contribution < -0.4 is 15.5 Å². The van der Waals surface area contributed by atoms with Crippen LogP contribution in [0, 0.1) is 0 Å². The van der Waals surface area contributed by atoms with E-state index in [2.05, 4.69) is 22.5 Å². The van der Waals surface area contributed by atoms with Crippen LogP contribution in [0.15, 0.2) is 54.6 Å². The number of urea groups is 1. The Morgan fingerprint density at radius 2 is 1.73 bits per heavy atom. The number of carbonyl (C=O) groups excluding carboxylic acids is 3. The van der Waals surface area contributed by atoms with Gasteiger partial charge in [0.25, 0.3) is 5.91 Å². The first-order valence-corrected chi connectivity index (χ1v) is 13.0. The Morgan fingerprint density at radius 1 is 1.03 bits per heavy atom. The fourth-order valence-electron chi connectivity index (χ4n) is 5.10. The number of nitrogens with one attached hydrogen (secondary N) is 2. The average Bonchev–Trinajstić information content (AvgIpc) is 3.18. The third-order valence-electron chi connectivity index (χ3n) is 7.26. The molecule has 4 amide bonds. The van der Waals surface area contributed by atoms with E-state index in [1.807, 2.05) is 54.6 Å². The fraction of sp³-hybridized carbons (Fsp3) is 0.464. The van der Waals surface area contributed by atoms with Crippen molar-refractivity contribution in [1.82, 2.24) is 15.1 Å². The van der Waals surface area contributed by atoms with Crippen molar-refractivity contribution in [2.45, 2.75) is 38.1 Å². The number of anilines is 2. The van der Waals surface area contributed by atoms with Gasteiger partial charge in [-0.3, -0.25) is 9.59 Å². The smallest absolute Gasteiger partial charge is 0.321 e. The van der Waals surface area contributed by atoms with Crippen LogP contribution in [0.5, 0.6) is 0 Å². The molecule has 2 aliphatic heterocycles. The molecule has 0 bridgehead atoms. The van der Waals surface area contributed by atoms with Gasteiger partial charge in [0.15, 0.2) is 0 Å². The van der Waals surface area contributed by atoms with Crippen molar-refractivity contribution in [3.8, 4) is 0 Å². The van der Waals surface area contributed by atoms with Gasteiger partial charge in [-0.15, -0.1) is 0 Å². The topological polar surface area (TPSA) is 94.2 Å². The van der Waals surface area contributed by atoms with Crippen molar-refractivity contribution in [1.29, 1.82) is 0 Å². The van der Waals surface area contributed by atoms with E-state index in [0.717, 1.165) is 24.2 Å². The number of likely N-dealkylation sites (tertiary alicyclic amines) is 1. The zero-order chi connectivity index (χ0) is 26.3. The second kappa shape index (κ2) is 12.1. The molecule has 1 spiro atoms. The minimum absolute atomic E-state index is 0.00878. The van der Waals surface area contributed by atoms with Gasteiger partial charge in [-0.1, -0.05) is 37.3 Å². The van der Waals surface area contributed by atoms with E-state index in [9.17, 15) is 14.4 Å². The number of para-hydroxylation sites is 1. The summed E-state index contributed by atoms with van der Waals surface area (Å²) in [5.41, 5.74) is 2.13. The maximum Gasteiger partial charge on any atom is 0.321 e. The summed E-state index contributed by atoms with van der Waals surface area (Å²) < 4.78 is 5.03. The van der Waals surface area contributed by atoms with E-state index in [4.69, 9.17) is 4.74 Å². The van der Waals surface area contributed by atoms with Crippen molar-refractivity contribution in [2.75, 3.05) is 56.8 Å². The minimum atomic E-state index is -0.781. The molecule has 198 valence electrons. The molecule has 2 fully saturated rings. The number of carbonyl (C=O) groups is 3. The second-order valence-corrected chi connectivity index (χ2v) is 9.60. The van der Waals surface area contributed by atoms with Crippen LogP contribution in [-0.2, 0) is 20.7 Å². The zero-order valence-corrected chi connectivity index (χ0v) is 21.7. The van der Waals surface area contributed by atoms with E-state index in [1.54, 1.807) is 16.9 Å². The first-order chi connectivity index (χ1) is 18.0. The van der Waals surface area contributed by atoms with E-state index in [-0.39, 0.29) is 24.4 Å². The largest absolute Gasteiger partial charge is 0.385 e. The standard InChI is InChI=1S/C28H37N5O4/c1-3-22-10-12-23(13-11-22)30-27(36)31-17-14-28(15-18-31)26(35)32(20-25(34)29-16-7-19-37-2)21-33(28)24-8-5-4-6-9-24/h4-6,8-13H,3,7,14-21H2,1-2H3,(H,29,34)(H,30,36). The van der Waals surface area contributed by atoms with Crippen molar-refractivity contribution < 1.29 is 19.1 Å². The first kappa shape index (κ1) is 26.5. The zero-order valence-electron chi connectivity index (χ0n) is 21.7. The Hall–Kier alpha value is -3.59. The molecule has 9 nitrogen and oxygen atoms in total. The van der Waals surface area contributed by atoms with Crippen LogP contribution >= 0.6 is 0 Å². The summed E-state index contributed by atoms with van der Waals surface area (Å²) in [6.45, 7) is 4.42. The summed E-state index contributed by atoms with van der Waals surface area (Å²) in [6.07, 6.45) is 2.65. The number of hydrogen-bond acceptors (Lipinski definition) is 5. The molecule has 0 aliphatic carbocycles. The number of rotatable bonds is 9. The van der Waals surface area contributed by atoms with Gasteiger partial charge in [0.1, 0.15) is 12.1 Å². The molecule has 2 saturated heterocycles. The highest BCUT2D eigenvalue weighted by Crippen LogP contribution is 2.39. The molecule has 2 N–H and O–H groups in total. The highest BCUT2D eigenvalue weighted by atomic mass is 16.5. The third-order valence-corrected chi connectivity index (χ3v) is 7.26. The number of hydrogen-bond donors (Lipinski definition) is 2. The lowest BCUT2D eigenvalue weighted by atomic mass is 9.85. The lowest BCUT2D eigenvalue weighted by molar-refractivity contribution is -0.137. The number of ether oxygens (including phenoxy) is 1. The third kappa shape index (κ3) is 6.05. The van der Waals surface area contributed by atoms with Crippen LogP contribution in [0.25, 0.3) is 0 Å². The minimum Gasteiger partial charge on any atom is -0.385 e. The summed E-state index contributed by atoms with van der Waals surface area (Å²) in [4.78, 5) is 44.8. The molecule has 37 heavy (non-hydrogen) atoms.